The van der Waals surface area contributed by atoms with Crippen LogP contribution in [0.2, 0.25) is 0 Å². The van der Waals surface area contributed by atoms with E-state index in [2.05, 4.69) is 52.4 Å². The molecule has 0 saturated heterocycles. The number of aromatic nitrogens is 2. The van der Waals surface area contributed by atoms with Crippen LogP contribution in [0.3, 0.4) is 0 Å². The SMILES string of the molecule is S=c1nc(-c2cccc3ccccc23)[nH]c2c1CSC2. The van der Waals surface area contributed by atoms with Gasteiger partial charge in [-0.05, 0) is 10.8 Å². The van der Waals surface area contributed by atoms with E-state index < -0.39 is 0 Å². The molecule has 2 aromatic carbocycles. The molecule has 0 spiro atoms. The molecule has 1 aliphatic rings. The number of aromatic amines is 1. The maximum atomic E-state index is 5.44. The first-order valence-corrected chi connectivity index (χ1v) is 8.07. The van der Waals surface area contributed by atoms with Crippen molar-refractivity contribution in [1.82, 2.24) is 9.97 Å². The Balaban J connectivity index is 2.01. The second kappa shape index (κ2) is 4.72. The minimum absolute atomic E-state index is 0.742. The third-order valence-corrected chi connectivity index (χ3v) is 4.97. The highest BCUT2D eigenvalue weighted by Crippen LogP contribution is 2.32. The summed E-state index contributed by atoms with van der Waals surface area (Å²) in [6.07, 6.45) is 0. The zero-order valence-electron chi connectivity index (χ0n) is 10.7. The molecule has 0 fully saturated rings. The second-order valence-electron chi connectivity index (χ2n) is 4.87. The smallest absolute Gasteiger partial charge is 0.139 e. The van der Waals surface area contributed by atoms with Crippen molar-refractivity contribution in [3.05, 3.63) is 58.4 Å². The molecule has 0 amide bonds. The van der Waals surface area contributed by atoms with Crippen LogP contribution in [-0.4, -0.2) is 9.97 Å². The normalized spacial score (nSPS) is 13.6. The van der Waals surface area contributed by atoms with Gasteiger partial charge in [-0.25, -0.2) is 4.98 Å². The van der Waals surface area contributed by atoms with Gasteiger partial charge < -0.3 is 4.98 Å². The molecule has 0 saturated carbocycles. The van der Waals surface area contributed by atoms with E-state index in [1.165, 1.54) is 22.0 Å². The Morgan fingerprint density at radius 2 is 1.90 bits per heavy atom. The first-order valence-electron chi connectivity index (χ1n) is 6.51. The average molecular weight is 296 g/mol. The fraction of sp³-hybridized carbons (Fsp3) is 0.125. The van der Waals surface area contributed by atoms with Crippen LogP contribution in [0.15, 0.2) is 42.5 Å². The van der Waals surface area contributed by atoms with Gasteiger partial charge in [0.1, 0.15) is 10.5 Å². The maximum Gasteiger partial charge on any atom is 0.139 e. The van der Waals surface area contributed by atoms with E-state index in [0.29, 0.717) is 0 Å². The number of H-pyrrole nitrogens is 1. The number of rotatable bonds is 1. The number of thioether (sulfide) groups is 1. The van der Waals surface area contributed by atoms with Crippen LogP contribution >= 0.6 is 24.0 Å². The maximum absolute atomic E-state index is 5.44. The molecule has 1 N–H and O–H groups in total. The summed E-state index contributed by atoms with van der Waals surface area (Å²) < 4.78 is 0.742. The molecule has 1 aromatic heterocycles. The predicted octanol–water partition coefficient (Wildman–Crippen LogP) is 4.71. The number of benzene rings is 2. The van der Waals surface area contributed by atoms with Crippen molar-refractivity contribution < 1.29 is 0 Å². The first kappa shape index (κ1) is 12.1. The summed E-state index contributed by atoms with van der Waals surface area (Å²) in [7, 11) is 0. The first-order chi connectivity index (χ1) is 9.83. The molecule has 2 heterocycles. The summed E-state index contributed by atoms with van der Waals surface area (Å²) in [6.45, 7) is 0. The molecule has 2 nitrogen and oxygen atoms in total. The van der Waals surface area contributed by atoms with E-state index in [1.807, 2.05) is 11.8 Å². The van der Waals surface area contributed by atoms with Gasteiger partial charge in [0.2, 0.25) is 0 Å². The lowest BCUT2D eigenvalue weighted by Crippen LogP contribution is -1.97. The van der Waals surface area contributed by atoms with Crippen molar-refractivity contribution >= 4 is 34.8 Å². The summed E-state index contributed by atoms with van der Waals surface area (Å²) in [6, 6.07) is 14.7. The molecule has 0 radical (unpaired) electrons. The predicted molar refractivity (Wildman–Crippen MR) is 87.4 cm³/mol. The Morgan fingerprint density at radius 3 is 2.85 bits per heavy atom. The molecule has 0 unspecified atom stereocenters. The van der Waals surface area contributed by atoms with Crippen LogP contribution < -0.4 is 0 Å². The highest BCUT2D eigenvalue weighted by molar-refractivity contribution is 7.98. The monoisotopic (exact) mass is 296 g/mol. The largest absolute Gasteiger partial charge is 0.342 e. The zero-order chi connectivity index (χ0) is 13.5. The van der Waals surface area contributed by atoms with Gasteiger partial charge in [-0.2, -0.15) is 11.8 Å². The third-order valence-electron chi connectivity index (χ3n) is 3.64. The van der Waals surface area contributed by atoms with Crippen LogP contribution in [0.25, 0.3) is 22.2 Å². The molecule has 0 aliphatic carbocycles. The Bertz CT molecular complexity index is 862. The molecule has 20 heavy (non-hydrogen) atoms. The number of nitrogens with one attached hydrogen (secondary N) is 1. The fourth-order valence-electron chi connectivity index (χ4n) is 2.63. The van der Waals surface area contributed by atoms with Crippen LogP contribution in [-0.2, 0) is 11.5 Å². The fourth-order valence-corrected chi connectivity index (χ4v) is 4.08. The molecule has 1 aliphatic heterocycles. The minimum Gasteiger partial charge on any atom is -0.342 e. The van der Waals surface area contributed by atoms with Crippen LogP contribution in [0.4, 0.5) is 0 Å². The molecule has 0 bridgehead atoms. The van der Waals surface area contributed by atoms with E-state index in [-0.39, 0.29) is 0 Å². The lowest BCUT2D eigenvalue weighted by atomic mass is 10.0. The van der Waals surface area contributed by atoms with Gasteiger partial charge in [0.25, 0.3) is 0 Å². The second-order valence-corrected chi connectivity index (χ2v) is 6.24. The average Bonchev–Trinajstić information content (AvgIpc) is 2.95. The van der Waals surface area contributed by atoms with Crippen molar-refractivity contribution in [3.8, 4) is 11.4 Å². The van der Waals surface area contributed by atoms with Crippen LogP contribution in [0.5, 0.6) is 0 Å². The van der Waals surface area contributed by atoms with E-state index in [4.69, 9.17) is 12.2 Å². The van der Waals surface area contributed by atoms with E-state index in [1.54, 1.807) is 0 Å². The molecule has 0 atom stereocenters. The van der Waals surface area contributed by atoms with E-state index in [0.717, 1.165) is 27.5 Å². The molecule has 3 aromatic rings. The number of hydrogen-bond donors (Lipinski definition) is 1. The quantitative estimate of drug-likeness (QED) is 0.659. The Kier molecular flexibility index (Phi) is 2.86. The van der Waals surface area contributed by atoms with Crippen molar-refractivity contribution in [2.75, 3.05) is 0 Å². The number of fused-ring (bicyclic) bond motifs is 2. The highest BCUT2D eigenvalue weighted by atomic mass is 32.2. The lowest BCUT2D eigenvalue weighted by Gasteiger charge is -2.08. The topological polar surface area (TPSA) is 28.7 Å². The van der Waals surface area contributed by atoms with Crippen molar-refractivity contribution in [2.45, 2.75) is 11.5 Å². The van der Waals surface area contributed by atoms with Gasteiger partial charge in [0, 0.05) is 28.3 Å². The van der Waals surface area contributed by atoms with Gasteiger partial charge >= 0.3 is 0 Å². The minimum atomic E-state index is 0.742. The number of nitrogens with zero attached hydrogens (tertiary/aromatic N) is 1. The Labute approximate surface area is 126 Å². The molecular formula is C16H12N2S2. The highest BCUT2D eigenvalue weighted by Gasteiger charge is 2.16. The van der Waals surface area contributed by atoms with Gasteiger partial charge in [0.05, 0.1) is 0 Å². The van der Waals surface area contributed by atoms with Gasteiger partial charge in [-0.15, -0.1) is 0 Å². The standard InChI is InChI=1S/C16H12N2S2/c19-16-13-8-20-9-14(13)17-15(18-16)12-7-3-5-10-4-1-2-6-11(10)12/h1-7H,8-9H2,(H,17,18,19). The van der Waals surface area contributed by atoms with Crippen LogP contribution in [0, 0.1) is 4.64 Å². The molecular weight excluding hydrogens is 284 g/mol. The summed E-state index contributed by atoms with van der Waals surface area (Å²) in [5.74, 6) is 2.86. The number of hydrogen-bond acceptors (Lipinski definition) is 3. The van der Waals surface area contributed by atoms with E-state index in [9.17, 15) is 0 Å². The lowest BCUT2D eigenvalue weighted by molar-refractivity contribution is 1.06. The van der Waals surface area contributed by atoms with Gasteiger partial charge in [-0.3, -0.25) is 0 Å². The van der Waals surface area contributed by atoms with E-state index >= 15 is 0 Å². The van der Waals surface area contributed by atoms with Crippen molar-refractivity contribution in [3.63, 3.8) is 0 Å². The van der Waals surface area contributed by atoms with Gasteiger partial charge in [0.15, 0.2) is 0 Å². The molecule has 4 rings (SSSR count). The summed E-state index contributed by atoms with van der Waals surface area (Å²) in [4.78, 5) is 8.09. The summed E-state index contributed by atoms with van der Waals surface area (Å²) in [5, 5.41) is 2.43. The molecule has 98 valence electrons. The van der Waals surface area contributed by atoms with Crippen molar-refractivity contribution in [2.24, 2.45) is 0 Å². The molecule has 4 heteroatoms. The zero-order valence-corrected chi connectivity index (χ0v) is 12.4. The van der Waals surface area contributed by atoms with Crippen LogP contribution in [0.1, 0.15) is 11.3 Å². The van der Waals surface area contributed by atoms with Gasteiger partial charge in [-0.1, -0.05) is 54.7 Å². The van der Waals surface area contributed by atoms with Crippen molar-refractivity contribution in [1.29, 1.82) is 0 Å². The summed E-state index contributed by atoms with van der Waals surface area (Å²) >= 11 is 7.33. The Hall–Kier alpha value is -1.65. The third kappa shape index (κ3) is 1.87. The summed E-state index contributed by atoms with van der Waals surface area (Å²) in [5.41, 5.74) is 3.56. The Morgan fingerprint density at radius 1 is 1.05 bits per heavy atom.